The lowest BCUT2D eigenvalue weighted by molar-refractivity contribution is 0.101. The molecule has 0 bridgehead atoms. The van der Waals surface area contributed by atoms with Gasteiger partial charge in [0.25, 0.3) is 0 Å². The van der Waals surface area contributed by atoms with Crippen LogP contribution in [0.1, 0.15) is 47.7 Å². The van der Waals surface area contributed by atoms with Gasteiger partial charge in [-0.1, -0.05) is 24.6 Å². The number of phenols is 1. The Kier molecular flexibility index (Phi) is 4.83. The Morgan fingerprint density at radius 3 is 2.77 bits per heavy atom. The summed E-state index contributed by atoms with van der Waals surface area (Å²) in [5.41, 5.74) is 3.07. The van der Waals surface area contributed by atoms with E-state index in [1.807, 2.05) is 37.3 Å². The Labute approximate surface area is 176 Å². The average molecular weight is 403 g/mol. The molecule has 0 saturated carbocycles. The van der Waals surface area contributed by atoms with E-state index >= 15 is 0 Å². The normalized spacial score (nSPS) is 22.2. The lowest BCUT2D eigenvalue weighted by Gasteiger charge is -2.27. The molecule has 0 amide bonds. The van der Waals surface area contributed by atoms with Gasteiger partial charge in [0.15, 0.2) is 5.76 Å². The number of benzene rings is 2. The maximum absolute atomic E-state index is 13.0. The summed E-state index contributed by atoms with van der Waals surface area (Å²) in [7, 11) is 0. The Morgan fingerprint density at radius 2 is 1.93 bits per heavy atom. The van der Waals surface area contributed by atoms with Crippen LogP contribution in [0.4, 0.5) is 0 Å². The summed E-state index contributed by atoms with van der Waals surface area (Å²) in [6.45, 7) is 4.55. The zero-order chi connectivity index (χ0) is 20.7. The second-order valence-corrected chi connectivity index (χ2v) is 8.16. The molecule has 0 radical (unpaired) electrons. The van der Waals surface area contributed by atoms with E-state index in [1.54, 1.807) is 18.2 Å². The molecular weight excluding hydrogens is 378 g/mol. The number of Topliss-reactive ketones (excluding diaryl/α,β-unsaturated/α-hetero) is 1. The third-order valence-corrected chi connectivity index (χ3v) is 6.06. The Morgan fingerprint density at radius 1 is 1.13 bits per heavy atom. The zero-order valence-electron chi connectivity index (χ0n) is 17.1. The standard InChI is InChI=1S/C25H25NO4/c1-16-18(13-17-7-3-4-8-22(17)29-16)14-23-24(28)19-9-10-21(27)20(25(19)30-23)15-26-11-5-2-6-12-26/h3-4,7-10,13-14,16,27H,2,5-6,11-12,15H2,1H3/b23-14-/t16-/m1/s1. The first-order valence-electron chi connectivity index (χ1n) is 10.6. The number of nitrogens with zero attached hydrogens (tertiary/aromatic N) is 1. The zero-order valence-corrected chi connectivity index (χ0v) is 17.1. The number of allylic oxidation sites excluding steroid dienone is 1. The van der Waals surface area contributed by atoms with Crippen molar-refractivity contribution >= 4 is 11.9 Å². The van der Waals surface area contributed by atoms with Gasteiger partial charge in [-0.3, -0.25) is 9.69 Å². The predicted octanol–water partition coefficient (Wildman–Crippen LogP) is 4.70. The number of hydrogen-bond acceptors (Lipinski definition) is 5. The smallest absolute Gasteiger partial charge is 0.231 e. The summed E-state index contributed by atoms with van der Waals surface area (Å²) in [6, 6.07) is 11.1. The molecule has 1 atom stereocenters. The van der Waals surface area contributed by atoms with Gasteiger partial charge in [-0.05, 0) is 68.8 Å². The number of carbonyl (C=O) groups excluding carboxylic acids is 1. The lowest BCUT2D eigenvalue weighted by Crippen LogP contribution is -2.29. The van der Waals surface area contributed by atoms with Gasteiger partial charge in [-0.2, -0.15) is 0 Å². The van der Waals surface area contributed by atoms with Crippen molar-refractivity contribution in [2.24, 2.45) is 0 Å². The Balaban J connectivity index is 1.46. The van der Waals surface area contributed by atoms with Crippen LogP contribution in [0.25, 0.3) is 6.08 Å². The number of phenolic OH excluding ortho intramolecular Hbond substituents is 1. The van der Waals surface area contributed by atoms with Crippen LogP contribution in [0, 0.1) is 0 Å². The second-order valence-electron chi connectivity index (χ2n) is 8.16. The molecule has 3 aliphatic heterocycles. The number of rotatable bonds is 3. The fourth-order valence-electron chi connectivity index (χ4n) is 4.36. The van der Waals surface area contributed by atoms with Crippen LogP contribution < -0.4 is 9.47 Å². The van der Waals surface area contributed by atoms with Crippen LogP contribution in [-0.4, -0.2) is 35.0 Å². The molecule has 5 rings (SSSR count). The van der Waals surface area contributed by atoms with E-state index in [9.17, 15) is 9.90 Å². The molecule has 2 aromatic carbocycles. The van der Waals surface area contributed by atoms with Crippen molar-refractivity contribution in [2.45, 2.75) is 38.8 Å². The van der Waals surface area contributed by atoms with E-state index in [1.165, 1.54) is 6.42 Å². The monoisotopic (exact) mass is 403 g/mol. The number of piperidine rings is 1. The summed E-state index contributed by atoms with van der Waals surface area (Å²) in [4.78, 5) is 15.3. The summed E-state index contributed by atoms with van der Waals surface area (Å²) in [5, 5.41) is 10.5. The number of para-hydroxylation sites is 1. The number of ether oxygens (including phenoxy) is 2. The molecule has 1 saturated heterocycles. The van der Waals surface area contributed by atoms with Gasteiger partial charge >= 0.3 is 0 Å². The molecule has 0 aromatic heterocycles. The number of hydrogen-bond donors (Lipinski definition) is 1. The van der Waals surface area contributed by atoms with E-state index in [-0.39, 0.29) is 23.4 Å². The molecule has 3 aliphatic rings. The van der Waals surface area contributed by atoms with Crippen LogP contribution in [0.15, 0.2) is 53.8 Å². The molecule has 0 spiro atoms. The SMILES string of the molecule is C[C@H]1Oc2ccccc2C=C1/C=C1\Oc2c(ccc(O)c2CN2CCCCC2)C1=O. The van der Waals surface area contributed by atoms with Crippen molar-refractivity contribution in [3.05, 3.63) is 70.5 Å². The topological polar surface area (TPSA) is 59.0 Å². The number of aromatic hydroxyl groups is 1. The molecular formula is C25H25NO4. The highest BCUT2D eigenvalue weighted by atomic mass is 16.5. The molecule has 1 N–H and O–H groups in total. The highest BCUT2D eigenvalue weighted by Gasteiger charge is 2.32. The van der Waals surface area contributed by atoms with E-state index in [4.69, 9.17) is 9.47 Å². The van der Waals surface area contributed by atoms with E-state index in [0.717, 1.165) is 42.8 Å². The molecule has 1 fully saturated rings. The summed E-state index contributed by atoms with van der Waals surface area (Å²) in [5.74, 6) is 1.62. The molecule has 2 aromatic rings. The second kappa shape index (κ2) is 7.65. The third kappa shape index (κ3) is 3.39. The first-order valence-corrected chi connectivity index (χ1v) is 10.6. The van der Waals surface area contributed by atoms with Crippen LogP contribution in [0.5, 0.6) is 17.2 Å². The van der Waals surface area contributed by atoms with Crippen LogP contribution in [0.3, 0.4) is 0 Å². The minimum absolute atomic E-state index is 0.156. The number of ketones is 1. The molecule has 3 heterocycles. The molecule has 5 heteroatoms. The minimum Gasteiger partial charge on any atom is -0.507 e. The van der Waals surface area contributed by atoms with Crippen molar-refractivity contribution in [3.63, 3.8) is 0 Å². The van der Waals surface area contributed by atoms with Gasteiger partial charge in [-0.15, -0.1) is 0 Å². The summed E-state index contributed by atoms with van der Waals surface area (Å²) in [6.07, 6.45) is 7.18. The quantitative estimate of drug-likeness (QED) is 0.753. The van der Waals surface area contributed by atoms with E-state index < -0.39 is 0 Å². The first kappa shape index (κ1) is 18.9. The van der Waals surface area contributed by atoms with Crippen LogP contribution >= 0.6 is 0 Å². The molecule has 5 nitrogen and oxygen atoms in total. The summed E-state index contributed by atoms with van der Waals surface area (Å²) >= 11 is 0. The van der Waals surface area contributed by atoms with Crippen LogP contribution in [-0.2, 0) is 6.54 Å². The molecule has 0 aliphatic carbocycles. The largest absolute Gasteiger partial charge is 0.507 e. The highest BCUT2D eigenvalue weighted by molar-refractivity contribution is 6.13. The van der Waals surface area contributed by atoms with Crippen LogP contribution in [0.2, 0.25) is 0 Å². The molecule has 154 valence electrons. The number of carbonyl (C=O) groups is 1. The molecule has 0 unspecified atom stereocenters. The fourth-order valence-corrected chi connectivity index (χ4v) is 4.36. The van der Waals surface area contributed by atoms with Gasteiger partial charge in [-0.25, -0.2) is 0 Å². The first-order chi connectivity index (χ1) is 14.6. The van der Waals surface area contributed by atoms with Crippen molar-refractivity contribution in [2.75, 3.05) is 13.1 Å². The maximum Gasteiger partial charge on any atom is 0.231 e. The number of likely N-dealkylation sites (tertiary alicyclic amines) is 1. The maximum atomic E-state index is 13.0. The molecule has 30 heavy (non-hydrogen) atoms. The van der Waals surface area contributed by atoms with Gasteiger partial charge in [0.2, 0.25) is 5.78 Å². The predicted molar refractivity (Wildman–Crippen MR) is 115 cm³/mol. The number of fused-ring (bicyclic) bond motifs is 2. The highest BCUT2D eigenvalue weighted by Crippen LogP contribution is 2.41. The third-order valence-electron chi connectivity index (χ3n) is 6.06. The Hall–Kier alpha value is -3.05. The van der Waals surface area contributed by atoms with Crippen molar-refractivity contribution in [1.29, 1.82) is 0 Å². The minimum atomic E-state index is -0.186. The van der Waals surface area contributed by atoms with E-state index in [0.29, 0.717) is 23.4 Å². The van der Waals surface area contributed by atoms with Gasteiger partial charge in [0.05, 0.1) is 11.1 Å². The fraction of sp³-hybridized carbons (Fsp3) is 0.320. The summed E-state index contributed by atoms with van der Waals surface area (Å²) < 4.78 is 12.0. The van der Waals surface area contributed by atoms with Gasteiger partial charge in [0, 0.05) is 12.1 Å². The van der Waals surface area contributed by atoms with Gasteiger partial charge in [0.1, 0.15) is 23.4 Å². The van der Waals surface area contributed by atoms with E-state index in [2.05, 4.69) is 4.90 Å². The lowest BCUT2D eigenvalue weighted by atomic mass is 10.00. The van der Waals surface area contributed by atoms with Crippen molar-refractivity contribution in [3.8, 4) is 17.2 Å². The average Bonchev–Trinajstić information content (AvgIpc) is 3.07. The van der Waals surface area contributed by atoms with Gasteiger partial charge < -0.3 is 14.6 Å². The van der Waals surface area contributed by atoms with Crippen molar-refractivity contribution in [1.82, 2.24) is 4.90 Å². The van der Waals surface area contributed by atoms with Crippen molar-refractivity contribution < 1.29 is 19.4 Å². The Bertz CT molecular complexity index is 1060.